The maximum atomic E-state index is 15.7. The molecule has 3 atom stereocenters. The summed E-state index contributed by atoms with van der Waals surface area (Å²) in [6, 6.07) is 4.10. The molecule has 1 N–H and O–H groups in total. The lowest BCUT2D eigenvalue weighted by atomic mass is 9.80. The van der Waals surface area contributed by atoms with Crippen LogP contribution in [-0.4, -0.2) is 53.7 Å². The van der Waals surface area contributed by atoms with Gasteiger partial charge in [-0.2, -0.15) is 0 Å². The molecule has 5 nitrogen and oxygen atoms in total. The van der Waals surface area contributed by atoms with Gasteiger partial charge in [0.05, 0.1) is 24.2 Å². The molecule has 0 unspecified atom stereocenters. The van der Waals surface area contributed by atoms with Crippen LogP contribution in [0.2, 0.25) is 0 Å². The average molecular weight is 526 g/mol. The fourth-order valence-electron chi connectivity index (χ4n) is 5.80. The number of halogens is 6. The highest BCUT2D eigenvalue weighted by Crippen LogP contribution is 2.45. The van der Waals surface area contributed by atoms with E-state index in [2.05, 4.69) is 5.32 Å². The van der Waals surface area contributed by atoms with E-state index in [9.17, 15) is 31.5 Å². The van der Waals surface area contributed by atoms with E-state index in [0.29, 0.717) is 6.07 Å². The SMILES string of the molecule is O=C1N[C@@]2(CCO1)C[C@@H](C(F)F)N(C(=O)C1CC(F)C1)[C@H]2Cc1cccc(-c2cc(F)cc(F)c2)c1F. The molecule has 1 saturated carbocycles. The Hall–Kier alpha value is -3.24. The second kappa shape index (κ2) is 9.57. The van der Waals surface area contributed by atoms with E-state index in [1.165, 1.54) is 18.2 Å². The predicted molar refractivity (Wildman–Crippen MR) is 120 cm³/mol. The van der Waals surface area contributed by atoms with Crippen molar-refractivity contribution < 1.29 is 40.7 Å². The first-order valence-corrected chi connectivity index (χ1v) is 12.0. The van der Waals surface area contributed by atoms with Gasteiger partial charge < -0.3 is 15.0 Å². The first-order chi connectivity index (χ1) is 17.6. The van der Waals surface area contributed by atoms with Gasteiger partial charge in [0.1, 0.15) is 23.6 Å². The van der Waals surface area contributed by atoms with Gasteiger partial charge in [-0.1, -0.05) is 18.2 Å². The highest BCUT2D eigenvalue weighted by atomic mass is 19.3. The van der Waals surface area contributed by atoms with Gasteiger partial charge in [0.15, 0.2) is 0 Å². The molecule has 2 amide bonds. The van der Waals surface area contributed by atoms with Crippen molar-refractivity contribution in [1.82, 2.24) is 10.2 Å². The highest BCUT2D eigenvalue weighted by Gasteiger charge is 2.59. The van der Waals surface area contributed by atoms with Crippen LogP contribution in [0.25, 0.3) is 11.1 Å². The average Bonchev–Trinajstić information content (AvgIpc) is 3.10. The molecule has 1 aliphatic carbocycles. The summed E-state index contributed by atoms with van der Waals surface area (Å²) in [5.41, 5.74) is -1.48. The van der Waals surface area contributed by atoms with Crippen LogP contribution in [0, 0.1) is 23.4 Å². The van der Waals surface area contributed by atoms with Crippen molar-refractivity contribution in [3.63, 3.8) is 0 Å². The van der Waals surface area contributed by atoms with E-state index in [-0.39, 0.29) is 55.4 Å². The third-order valence-electron chi connectivity index (χ3n) is 7.68. The molecule has 0 radical (unpaired) electrons. The number of hydrogen-bond donors (Lipinski definition) is 1. The molecule has 2 saturated heterocycles. The van der Waals surface area contributed by atoms with Crippen molar-refractivity contribution in [1.29, 1.82) is 0 Å². The molecule has 3 fully saturated rings. The zero-order valence-corrected chi connectivity index (χ0v) is 19.5. The van der Waals surface area contributed by atoms with E-state index < -0.39 is 65.6 Å². The molecular formula is C26H24F6N2O3. The molecule has 0 aromatic heterocycles. The Kier molecular flexibility index (Phi) is 6.57. The highest BCUT2D eigenvalue weighted by molar-refractivity contribution is 5.82. The van der Waals surface area contributed by atoms with Crippen LogP contribution < -0.4 is 5.32 Å². The fraction of sp³-hybridized carbons (Fsp3) is 0.462. The molecule has 5 rings (SSSR count). The second-order valence-corrected chi connectivity index (χ2v) is 9.94. The molecule has 3 aliphatic rings. The van der Waals surface area contributed by atoms with Crippen LogP contribution in [0.15, 0.2) is 36.4 Å². The van der Waals surface area contributed by atoms with Crippen LogP contribution in [0.3, 0.4) is 0 Å². The van der Waals surface area contributed by atoms with E-state index in [1.807, 2.05) is 0 Å². The predicted octanol–water partition coefficient (Wildman–Crippen LogP) is 5.16. The normalized spacial score (nSPS) is 29.3. The number of carbonyl (C=O) groups excluding carboxylic acids is 2. The summed E-state index contributed by atoms with van der Waals surface area (Å²) in [6.07, 6.45) is -5.61. The van der Waals surface area contributed by atoms with E-state index in [0.717, 1.165) is 17.0 Å². The molecule has 37 heavy (non-hydrogen) atoms. The third-order valence-corrected chi connectivity index (χ3v) is 7.68. The number of hydrogen-bond acceptors (Lipinski definition) is 3. The van der Waals surface area contributed by atoms with Gasteiger partial charge >= 0.3 is 6.09 Å². The molecule has 2 heterocycles. The number of nitrogens with zero attached hydrogens (tertiary/aromatic N) is 1. The largest absolute Gasteiger partial charge is 0.449 e. The molecule has 198 valence electrons. The van der Waals surface area contributed by atoms with Gasteiger partial charge in [-0.05, 0) is 48.9 Å². The maximum absolute atomic E-state index is 15.7. The first-order valence-electron chi connectivity index (χ1n) is 12.0. The Morgan fingerprint density at radius 1 is 1.14 bits per heavy atom. The number of benzene rings is 2. The molecule has 2 aromatic rings. The van der Waals surface area contributed by atoms with Crippen LogP contribution in [0.1, 0.15) is 31.2 Å². The van der Waals surface area contributed by atoms with Gasteiger partial charge in [-0.15, -0.1) is 0 Å². The smallest absolute Gasteiger partial charge is 0.407 e. The third kappa shape index (κ3) is 4.64. The zero-order chi connectivity index (χ0) is 26.5. The summed E-state index contributed by atoms with van der Waals surface area (Å²) < 4.78 is 90.3. The number of amides is 2. The van der Waals surface area contributed by atoms with Gasteiger partial charge in [-0.25, -0.2) is 31.1 Å². The van der Waals surface area contributed by atoms with Gasteiger partial charge in [0.25, 0.3) is 6.43 Å². The minimum atomic E-state index is -2.96. The molecule has 0 bridgehead atoms. The summed E-state index contributed by atoms with van der Waals surface area (Å²) >= 11 is 0. The molecule has 2 aromatic carbocycles. The van der Waals surface area contributed by atoms with Crippen LogP contribution in [-0.2, 0) is 16.0 Å². The number of ether oxygens (including phenoxy) is 1. The second-order valence-electron chi connectivity index (χ2n) is 9.94. The maximum Gasteiger partial charge on any atom is 0.407 e. The van der Waals surface area contributed by atoms with E-state index >= 15 is 4.39 Å². The molecule has 2 aliphatic heterocycles. The number of carbonyl (C=O) groups is 2. The number of alkyl halides is 3. The summed E-state index contributed by atoms with van der Waals surface area (Å²) in [6.45, 7) is -0.0819. The van der Waals surface area contributed by atoms with Crippen molar-refractivity contribution >= 4 is 12.0 Å². The van der Waals surface area contributed by atoms with Crippen molar-refractivity contribution in [2.45, 2.75) is 62.3 Å². The Bertz CT molecular complexity index is 1200. The van der Waals surface area contributed by atoms with E-state index in [1.54, 1.807) is 0 Å². The number of rotatable bonds is 5. The van der Waals surface area contributed by atoms with Gasteiger partial charge in [0, 0.05) is 24.0 Å². The van der Waals surface area contributed by atoms with Crippen molar-refractivity contribution in [2.75, 3.05) is 6.61 Å². The molecule has 11 heteroatoms. The van der Waals surface area contributed by atoms with Crippen LogP contribution >= 0.6 is 0 Å². The quantitative estimate of drug-likeness (QED) is 0.548. The molecular weight excluding hydrogens is 502 g/mol. The lowest BCUT2D eigenvalue weighted by Crippen LogP contribution is -2.62. The minimum Gasteiger partial charge on any atom is -0.449 e. The van der Waals surface area contributed by atoms with Crippen molar-refractivity contribution in [2.24, 2.45) is 5.92 Å². The first kappa shape index (κ1) is 25.4. The fourth-order valence-corrected chi connectivity index (χ4v) is 5.80. The standard InChI is InChI=1S/C26H24F6N2O3/c27-16-8-15(9-16)24(35)34-20(23(31)32)12-26(4-5-37-25(36)33-26)21(34)10-13-2-1-3-19(22(13)30)14-6-17(28)11-18(29)7-14/h1-3,6-7,11,15-16,20-21,23H,4-5,8-10,12H2,(H,33,36)/t15?,16?,20-,21-,26-/m0/s1. The number of alkyl carbamates (subject to hydrolysis) is 1. The Balaban J connectivity index is 1.56. The number of likely N-dealkylation sites (tertiary alicyclic amines) is 1. The summed E-state index contributed by atoms with van der Waals surface area (Å²) in [4.78, 5) is 26.5. The van der Waals surface area contributed by atoms with Crippen LogP contribution in [0.4, 0.5) is 31.1 Å². The van der Waals surface area contributed by atoms with Crippen LogP contribution in [0.5, 0.6) is 0 Å². The molecule has 1 spiro atoms. The summed E-state index contributed by atoms with van der Waals surface area (Å²) in [5, 5.41) is 2.61. The number of nitrogens with one attached hydrogen (secondary N) is 1. The Morgan fingerprint density at radius 2 is 1.84 bits per heavy atom. The Morgan fingerprint density at radius 3 is 2.46 bits per heavy atom. The monoisotopic (exact) mass is 526 g/mol. The Labute approximate surface area is 208 Å². The zero-order valence-electron chi connectivity index (χ0n) is 19.5. The lowest BCUT2D eigenvalue weighted by molar-refractivity contribution is -0.147. The summed E-state index contributed by atoms with van der Waals surface area (Å²) in [5.74, 6) is -4.08. The van der Waals surface area contributed by atoms with Crippen molar-refractivity contribution in [3.8, 4) is 11.1 Å². The van der Waals surface area contributed by atoms with Crippen molar-refractivity contribution in [3.05, 3.63) is 59.4 Å². The number of cyclic esters (lactones) is 1. The lowest BCUT2D eigenvalue weighted by Gasteiger charge is -2.43. The van der Waals surface area contributed by atoms with Gasteiger partial charge in [-0.3, -0.25) is 4.79 Å². The topological polar surface area (TPSA) is 58.6 Å². The van der Waals surface area contributed by atoms with E-state index in [4.69, 9.17) is 4.74 Å². The van der Waals surface area contributed by atoms with Gasteiger partial charge in [0.2, 0.25) is 5.91 Å². The summed E-state index contributed by atoms with van der Waals surface area (Å²) in [7, 11) is 0. The minimum absolute atomic E-state index is 0.0111.